The Morgan fingerprint density at radius 2 is 2.00 bits per heavy atom. The number of hydrogen-bond acceptors (Lipinski definition) is 3. The average molecular weight is 263 g/mol. The zero-order valence-corrected chi connectivity index (χ0v) is 11.7. The van der Waals surface area contributed by atoms with Gasteiger partial charge in [0.25, 0.3) is 5.91 Å². The lowest BCUT2D eigenvalue weighted by molar-refractivity contribution is -0.119. The molecule has 0 aromatic heterocycles. The molecule has 1 aromatic rings. The highest BCUT2D eigenvalue weighted by Crippen LogP contribution is 2.17. The highest BCUT2D eigenvalue weighted by Gasteiger charge is 2.10. The van der Waals surface area contributed by atoms with Crippen LogP contribution in [-0.2, 0) is 4.79 Å². The lowest BCUT2D eigenvalue weighted by Gasteiger charge is -2.12. The number of amides is 2. The van der Waals surface area contributed by atoms with E-state index < -0.39 is 0 Å². The van der Waals surface area contributed by atoms with Gasteiger partial charge in [-0.15, -0.1) is 0 Å². The molecule has 104 valence electrons. The molecular formula is C14H21N3O2. The summed E-state index contributed by atoms with van der Waals surface area (Å²) in [5.74, 6) is -0.245. The van der Waals surface area contributed by atoms with E-state index in [0.717, 1.165) is 12.0 Å². The van der Waals surface area contributed by atoms with E-state index in [9.17, 15) is 9.59 Å². The van der Waals surface area contributed by atoms with E-state index in [1.54, 1.807) is 13.1 Å². The van der Waals surface area contributed by atoms with Gasteiger partial charge in [0, 0.05) is 19.3 Å². The Morgan fingerprint density at radius 1 is 1.26 bits per heavy atom. The van der Waals surface area contributed by atoms with Crippen LogP contribution in [0.2, 0.25) is 0 Å². The Bertz CT molecular complexity index is 458. The molecule has 1 rings (SSSR count). The number of hydrogen-bond donors (Lipinski definition) is 3. The third-order valence-corrected chi connectivity index (χ3v) is 2.66. The van der Waals surface area contributed by atoms with Crippen molar-refractivity contribution in [2.75, 3.05) is 25.5 Å². The quantitative estimate of drug-likeness (QED) is 0.724. The number of carbonyl (C=O) groups is 2. The van der Waals surface area contributed by atoms with Gasteiger partial charge in [0.2, 0.25) is 5.91 Å². The lowest BCUT2D eigenvalue weighted by Crippen LogP contribution is -2.31. The summed E-state index contributed by atoms with van der Waals surface area (Å²) in [4.78, 5) is 23.3. The highest BCUT2D eigenvalue weighted by atomic mass is 16.2. The molecule has 5 heteroatoms. The zero-order chi connectivity index (χ0) is 14.3. The van der Waals surface area contributed by atoms with Crippen LogP contribution in [0.4, 0.5) is 5.69 Å². The largest absolute Gasteiger partial charge is 0.376 e. The number of aryl methyl sites for hydroxylation is 1. The summed E-state index contributed by atoms with van der Waals surface area (Å²) < 4.78 is 0. The van der Waals surface area contributed by atoms with Crippen molar-refractivity contribution < 1.29 is 9.59 Å². The van der Waals surface area contributed by atoms with Gasteiger partial charge in [-0.1, -0.05) is 18.6 Å². The monoisotopic (exact) mass is 263 g/mol. The molecule has 0 spiro atoms. The van der Waals surface area contributed by atoms with Gasteiger partial charge in [-0.05, 0) is 25.5 Å². The van der Waals surface area contributed by atoms with Crippen molar-refractivity contribution in [1.29, 1.82) is 0 Å². The van der Waals surface area contributed by atoms with Crippen LogP contribution in [0.3, 0.4) is 0 Å². The fourth-order valence-electron chi connectivity index (χ4n) is 1.64. The van der Waals surface area contributed by atoms with Gasteiger partial charge >= 0.3 is 0 Å². The summed E-state index contributed by atoms with van der Waals surface area (Å²) in [6.07, 6.45) is 0.903. The summed E-state index contributed by atoms with van der Waals surface area (Å²) in [7, 11) is 1.59. The predicted octanol–water partition coefficient (Wildman–Crippen LogP) is 1.29. The van der Waals surface area contributed by atoms with Crippen molar-refractivity contribution in [2.24, 2.45) is 0 Å². The zero-order valence-electron chi connectivity index (χ0n) is 11.7. The van der Waals surface area contributed by atoms with E-state index >= 15 is 0 Å². The molecule has 1 aromatic carbocycles. The summed E-state index contributed by atoms with van der Waals surface area (Å²) in [6.45, 7) is 4.74. The molecule has 0 atom stereocenters. The van der Waals surface area contributed by atoms with Crippen LogP contribution in [0.15, 0.2) is 18.2 Å². The van der Waals surface area contributed by atoms with Crippen LogP contribution in [0.25, 0.3) is 0 Å². The molecular weight excluding hydrogens is 242 g/mol. The second-order valence-corrected chi connectivity index (χ2v) is 4.33. The highest BCUT2D eigenvalue weighted by molar-refractivity contribution is 6.00. The van der Waals surface area contributed by atoms with E-state index in [-0.39, 0.29) is 18.4 Å². The topological polar surface area (TPSA) is 70.2 Å². The molecule has 2 amide bonds. The van der Waals surface area contributed by atoms with Gasteiger partial charge in [-0.3, -0.25) is 9.59 Å². The van der Waals surface area contributed by atoms with Gasteiger partial charge in [0.15, 0.2) is 0 Å². The Balaban J connectivity index is 2.72. The molecule has 0 aliphatic carbocycles. The maximum absolute atomic E-state index is 11.8. The Labute approximate surface area is 113 Å². The smallest absolute Gasteiger partial charge is 0.253 e. The molecule has 3 N–H and O–H groups in total. The van der Waals surface area contributed by atoms with E-state index in [2.05, 4.69) is 16.0 Å². The summed E-state index contributed by atoms with van der Waals surface area (Å²) in [5.41, 5.74) is 2.21. The first-order chi connectivity index (χ1) is 9.08. The van der Waals surface area contributed by atoms with E-state index in [1.165, 1.54) is 0 Å². The molecule has 0 saturated carbocycles. The molecule has 0 aliphatic rings. The second-order valence-electron chi connectivity index (χ2n) is 4.33. The summed E-state index contributed by atoms with van der Waals surface area (Å²) in [6, 6.07) is 5.51. The first-order valence-corrected chi connectivity index (χ1v) is 6.41. The number of carbonyl (C=O) groups excluding carboxylic acids is 2. The van der Waals surface area contributed by atoms with Gasteiger partial charge in [-0.25, -0.2) is 0 Å². The Kier molecular flexibility index (Phi) is 5.85. The van der Waals surface area contributed by atoms with Crippen molar-refractivity contribution in [3.63, 3.8) is 0 Å². The number of benzene rings is 1. The van der Waals surface area contributed by atoms with Crippen LogP contribution in [0, 0.1) is 6.92 Å². The van der Waals surface area contributed by atoms with E-state index in [1.807, 2.05) is 26.0 Å². The Hall–Kier alpha value is -2.04. The van der Waals surface area contributed by atoms with Crippen molar-refractivity contribution >= 4 is 17.5 Å². The fourth-order valence-corrected chi connectivity index (χ4v) is 1.64. The number of anilines is 1. The molecule has 5 nitrogen and oxygen atoms in total. The van der Waals surface area contributed by atoms with Crippen LogP contribution >= 0.6 is 0 Å². The number of rotatable bonds is 6. The minimum atomic E-state index is -0.167. The first-order valence-electron chi connectivity index (χ1n) is 6.41. The van der Waals surface area contributed by atoms with Crippen molar-refractivity contribution in [3.8, 4) is 0 Å². The lowest BCUT2D eigenvalue weighted by atomic mass is 10.1. The van der Waals surface area contributed by atoms with Crippen molar-refractivity contribution in [1.82, 2.24) is 10.6 Å². The van der Waals surface area contributed by atoms with Crippen molar-refractivity contribution in [3.05, 3.63) is 29.3 Å². The fraction of sp³-hybridized carbons (Fsp3) is 0.429. The standard InChI is InChI=1S/C14H21N3O2/c1-4-7-16-13(18)9-17-12-6-5-10(2)8-11(12)14(19)15-3/h5-6,8,17H,4,7,9H2,1-3H3,(H,15,19)(H,16,18). The average Bonchev–Trinajstić information content (AvgIpc) is 2.42. The minimum Gasteiger partial charge on any atom is -0.376 e. The summed E-state index contributed by atoms with van der Waals surface area (Å²) in [5, 5.41) is 8.36. The molecule has 19 heavy (non-hydrogen) atoms. The molecule has 0 unspecified atom stereocenters. The minimum absolute atomic E-state index is 0.0784. The van der Waals surface area contributed by atoms with E-state index in [0.29, 0.717) is 17.8 Å². The normalized spacial score (nSPS) is 9.84. The maximum atomic E-state index is 11.8. The molecule has 0 bridgehead atoms. The predicted molar refractivity (Wildman–Crippen MR) is 76.4 cm³/mol. The van der Waals surface area contributed by atoms with Crippen LogP contribution in [0.5, 0.6) is 0 Å². The van der Waals surface area contributed by atoms with E-state index in [4.69, 9.17) is 0 Å². The molecule has 0 fully saturated rings. The second kappa shape index (κ2) is 7.41. The first kappa shape index (κ1) is 15.0. The van der Waals surface area contributed by atoms with Crippen LogP contribution in [-0.4, -0.2) is 32.0 Å². The third kappa shape index (κ3) is 4.62. The molecule has 0 aliphatic heterocycles. The Morgan fingerprint density at radius 3 is 2.63 bits per heavy atom. The van der Waals surface area contributed by atoms with Crippen LogP contribution in [0.1, 0.15) is 29.3 Å². The summed E-state index contributed by atoms with van der Waals surface area (Å²) >= 11 is 0. The van der Waals surface area contributed by atoms with Crippen LogP contribution < -0.4 is 16.0 Å². The van der Waals surface area contributed by atoms with Gasteiger partial charge in [0.1, 0.15) is 0 Å². The van der Waals surface area contributed by atoms with Crippen molar-refractivity contribution in [2.45, 2.75) is 20.3 Å². The van der Waals surface area contributed by atoms with Gasteiger partial charge in [0.05, 0.1) is 12.1 Å². The molecule has 0 saturated heterocycles. The number of nitrogens with one attached hydrogen (secondary N) is 3. The third-order valence-electron chi connectivity index (χ3n) is 2.66. The van der Waals surface area contributed by atoms with Gasteiger partial charge < -0.3 is 16.0 Å². The molecule has 0 heterocycles. The molecule has 0 radical (unpaired) electrons. The maximum Gasteiger partial charge on any atom is 0.253 e. The SMILES string of the molecule is CCCNC(=O)CNc1ccc(C)cc1C(=O)NC. The van der Waals surface area contributed by atoms with Gasteiger partial charge in [-0.2, -0.15) is 0 Å².